The number of nitrogens with zero attached hydrogens (tertiary/aromatic N) is 7. The number of carbonyl (C=O) groups excluding carboxylic acids is 2. The van der Waals surface area contributed by atoms with Crippen molar-refractivity contribution in [3.05, 3.63) is 41.5 Å². The molecule has 3 aromatic heterocycles. The van der Waals surface area contributed by atoms with Gasteiger partial charge in [-0.2, -0.15) is 10.3 Å². The summed E-state index contributed by atoms with van der Waals surface area (Å²) in [6.07, 6.45) is 8.63. The lowest BCUT2D eigenvalue weighted by atomic mass is 9.89. The van der Waals surface area contributed by atoms with E-state index in [1.54, 1.807) is 15.6 Å². The monoisotopic (exact) mass is 408 g/mol. The van der Waals surface area contributed by atoms with Gasteiger partial charge in [0.15, 0.2) is 0 Å². The van der Waals surface area contributed by atoms with Gasteiger partial charge in [0.2, 0.25) is 0 Å². The number of fused-ring (bicyclic) bond motifs is 1. The molecule has 0 unspecified atom stereocenters. The SMILES string of the molecule is O=C(c1nn[nH]n1)N1CCC(c2ccn3ncc(C(=O)N4CCCCC4)c3c2)CC1. The highest BCUT2D eigenvalue weighted by atomic mass is 16.2. The maximum absolute atomic E-state index is 13.0. The number of likely N-dealkylation sites (tertiary alicyclic amines) is 2. The molecule has 3 aromatic rings. The van der Waals surface area contributed by atoms with Crippen molar-refractivity contribution in [2.24, 2.45) is 0 Å². The summed E-state index contributed by atoms with van der Waals surface area (Å²) in [6.45, 7) is 2.93. The summed E-state index contributed by atoms with van der Waals surface area (Å²) < 4.78 is 1.77. The number of tetrazole rings is 1. The van der Waals surface area contributed by atoms with Crippen molar-refractivity contribution in [1.82, 2.24) is 40.0 Å². The normalized spacial score (nSPS) is 18.1. The summed E-state index contributed by atoms with van der Waals surface area (Å²) >= 11 is 0. The van der Waals surface area contributed by atoms with E-state index in [1.165, 1.54) is 12.0 Å². The van der Waals surface area contributed by atoms with E-state index in [0.717, 1.165) is 44.3 Å². The number of hydrogen-bond acceptors (Lipinski definition) is 6. The highest BCUT2D eigenvalue weighted by molar-refractivity contribution is 6.00. The third-order valence-corrected chi connectivity index (χ3v) is 6.21. The van der Waals surface area contributed by atoms with Gasteiger partial charge in [-0.25, -0.2) is 4.52 Å². The molecule has 10 heteroatoms. The molecule has 156 valence electrons. The maximum atomic E-state index is 13.0. The quantitative estimate of drug-likeness (QED) is 0.703. The number of hydrogen-bond donors (Lipinski definition) is 1. The Morgan fingerprint density at radius 2 is 1.77 bits per heavy atom. The molecule has 2 fully saturated rings. The van der Waals surface area contributed by atoms with Crippen molar-refractivity contribution in [3.63, 3.8) is 0 Å². The summed E-state index contributed by atoms with van der Waals surface area (Å²) in [5.41, 5.74) is 2.71. The molecule has 0 spiro atoms. The second-order valence-corrected chi connectivity index (χ2v) is 8.00. The van der Waals surface area contributed by atoms with Gasteiger partial charge in [0.05, 0.1) is 17.3 Å². The fraction of sp³-hybridized carbons (Fsp3) is 0.500. The van der Waals surface area contributed by atoms with Gasteiger partial charge in [-0.1, -0.05) is 0 Å². The Hall–Kier alpha value is -3.30. The third kappa shape index (κ3) is 3.42. The van der Waals surface area contributed by atoms with Crippen LogP contribution in [0.25, 0.3) is 5.52 Å². The third-order valence-electron chi connectivity index (χ3n) is 6.21. The van der Waals surface area contributed by atoms with E-state index in [2.05, 4.69) is 37.9 Å². The van der Waals surface area contributed by atoms with E-state index in [0.29, 0.717) is 24.6 Å². The lowest BCUT2D eigenvalue weighted by Crippen LogP contribution is -2.38. The van der Waals surface area contributed by atoms with Crippen LogP contribution in [0.3, 0.4) is 0 Å². The minimum atomic E-state index is -0.192. The van der Waals surface area contributed by atoms with Gasteiger partial charge in [0.1, 0.15) is 0 Å². The molecule has 0 radical (unpaired) electrons. The minimum absolute atomic E-state index is 0.0716. The van der Waals surface area contributed by atoms with Crippen LogP contribution in [-0.2, 0) is 0 Å². The summed E-state index contributed by atoms with van der Waals surface area (Å²) in [7, 11) is 0. The average molecular weight is 408 g/mol. The Bertz CT molecular complexity index is 1050. The van der Waals surface area contributed by atoms with E-state index in [-0.39, 0.29) is 17.6 Å². The van der Waals surface area contributed by atoms with Gasteiger partial charge in [0, 0.05) is 32.4 Å². The largest absolute Gasteiger partial charge is 0.339 e. The number of nitrogens with one attached hydrogen (secondary N) is 1. The molecular weight excluding hydrogens is 384 g/mol. The Kier molecular flexibility index (Phi) is 4.89. The minimum Gasteiger partial charge on any atom is -0.339 e. The number of rotatable bonds is 3. The predicted octanol–water partition coefficient (Wildman–Crippen LogP) is 1.49. The van der Waals surface area contributed by atoms with Crippen molar-refractivity contribution < 1.29 is 9.59 Å². The first-order valence-electron chi connectivity index (χ1n) is 10.5. The molecule has 10 nitrogen and oxygen atoms in total. The summed E-state index contributed by atoms with van der Waals surface area (Å²) in [5.74, 6) is 0.317. The number of H-pyrrole nitrogens is 1. The molecule has 0 saturated carbocycles. The zero-order valence-electron chi connectivity index (χ0n) is 16.7. The molecular formula is C20H24N8O2. The van der Waals surface area contributed by atoms with Crippen LogP contribution in [0.15, 0.2) is 24.5 Å². The molecule has 2 aliphatic heterocycles. The number of amides is 2. The zero-order valence-corrected chi connectivity index (χ0v) is 16.7. The second-order valence-electron chi connectivity index (χ2n) is 8.00. The number of aromatic nitrogens is 6. The van der Waals surface area contributed by atoms with Crippen LogP contribution in [0.1, 0.15) is 64.6 Å². The summed E-state index contributed by atoms with van der Waals surface area (Å²) in [6, 6.07) is 4.15. The molecule has 2 saturated heterocycles. The Morgan fingerprint density at radius 3 is 2.50 bits per heavy atom. The van der Waals surface area contributed by atoms with E-state index >= 15 is 0 Å². The van der Waals surface area contributed by atoms with Gasteiger partial charge < -0.3 is 9.80 Å². The van der Waals surface area contributed by atoms with Crippen molar-refractivity contribution in [3.8, 4) is 0 Å². The van der Waals surface area contributed by atoms with Crippen LogP contribution in [0.4, 0.5) is 0 Å². The van der Waals surface area contributed by atoms with Crippen LogP contribution in [0.2, 0.25) is 0 Å². The average Bonchev–Trinajstić information content (AvgIpc) is 3.49. The van der Waals surface area contributed by atoms with Crippen LogP contribution in [0, 0.1) is 0 Å². The fourth-order valence-electron chi connectivity index (χ4n) is 4.49. The van der Waals surface area contributed by atoms with Crippen LogP contribution in [0.5, 0.6) is 0 Å². The van der Waals surface area contributed by atoms with E-state index in [9.17, 15) is 9.59 Å². The highest BCUT2D eigenvalue weighted by Gasteiger charge is 2.27. The van der Waals surface area contributed by atoms with E-state index in [1.807, 2.05) is 11.1 Å². The molecule has 5 rings (SSSR count). The number of piperidine rings is 2. The summed E-state index contributed by atoms with van der Waals surface area (Å²) in [5, 5.41) is 17.7. The molecule has 30 heavy (non-hydrogen) atoms. The molecule has 5 heterocycles. The standard InChI is InChI=1S/C20H24N8O2/c29-19(26-7-2-1-3-8-26)16-13-21-28-11-6-15(12-17(16)28)14-4-9-27(10-5-14)20(30)18-22-24-25-23-18/h6,11-14H,1-5,7-10H2,(H,22,23,24,25). The summed E-state index contributed by atoms with van der Waals surface area (Å²) in [4.78, 5) is 29.1. The number of carbonyl (C=O) groups is 2. The molecule has 0 bridgehead atoms. The van der Waals surface area contributed by atoms with Crippen LogP contribution < -0.4 is 0 Å². The van der Waals surface area contributed by atoms with E-state index in [4.69, 9.17) is 0 Å². The first kappa shape index (κ1) is 18.7. The van der Waals surface area contributed by atoms with Crippen molar-refractivity contribution >= 4 is 17.3 Å². The van der Waals surface area contributed by atoms with Gasteiger partial charge in [0.25, 0.3) is 17.6 Å². The molecule has 2 amide bonds. The molecule has 0 aromatic carbocycles. The molecule has 0 aliphatic carbocycles. The Morgan fingerprint density at radius 1 is 1.00 bits per heavy atom. The zero-order chi connectivity index (χ0) is 20.5. The topological polar surface area (TPSA) is 112 Å². The Labute approximate surface area is 173 Å². The first-order chi connectivity index (χ1) is 14.7. The number of aromatic amines is 1. The highest BCUT2D eigenvalue weighted by Crippen LogP contribution is 2.30. The van der Waals surface area contributed by atoms with Gasteiger partial charge >= 0.3 is 0 Å². The van der Waals surface area contributed by atoms with Crippen molar-refractivity contribution in [1.29, 1.82) is 0 Å². The van der Waals surface area contributed by atoms with E-state index < -0.39 is 0 Å². The fourth-order valence-corrected chi connectivity index (χ4v) is 4.49. The van der Waals surface area contributed by atoms with Crippen molar-refractivity contribution in [2.45, 2.75) is 38.0 Å². The molecule has 1 N–H and O–H groups in total. The van der Waals surface area contributed by atoms with Gasteiger partial charge in [-0.15, -0.1) is 10.2 Å². The lowest BCUT2D eigenvalue weighted by Gasteiger charge is -2.31. The van der Waals surface area contributed by atoms with Crippen LogP contribution in [-0.4, -0.2) is 78.0 Å². The van der Waals surface area contributed by atoms with Gasteiger partial charge in [-0.3, -0.25) is 9.59 Å². The Balaban J connectivity index is 1.32. The van der Waals surface area contributed by atoms with Gasteiger partial charge in [-0.05, 0) is 60.9 Å². The smallest absolute Gasteiger partial charge is 0.295 e. The number of pyridine rings is 1. The lowest BCUT2D eigenvalue weighted by molar-refractivity contribution is 0.0698. The first-order valence-corrected chi connectivity index (χ1v) is 10.5. The second kappa shape index (κ2) is 7.85. The molecule has 2 aliphatic rings. The van der Waals surface area contributed by atoms with Crippen molar-refractivity contribution in [2.75, 3.05) is 26.2 Å². The molecule has 0 atom stereocenters. The predicted molar refractivity (Wildman–Crippen MR) is 107 cm³/mol. The van der Waals surface area contributed by atoms with Crippen LogP contribution >= 0.6 is 0 Å². The maximum Gasteiger partial charge on any atom is 0.295 e.